The zero-order chi connectivity index (χ0) is 7.82. The van der Waals surface area contributed by atoms with Crippen molar-refractivity contribution in [3.63, 3.8) is 0 Å². The average molecular weight is 146 g/mol. The molecule has 0 heterocycles. The van der Waals surface area contributed by atoms with Gasteiger partial charge in [0.25, 0.3) is 0 Å². The maximum atomic E-state index is 5.40. The van der Waals surface area contributed by atoms with Crippen LogP contribution in [0.2, 0.25) is 0 Å². The van der Waals surface area contributed by atoms with E-state index < -0.39 is 0 Å². The Kier molecular flexibility index (Phi) is 6.91. The van der Waals surface area contributed by atoms with Crippen LogP contribution in [-0.4, -0.2) is 32.8 Å². The highest BCUT2D eigenvalue weighted by molar-refractivity contribution is 4.60. The van der Waals surface area contributed by atoms with Gasteiger partial charge in [0.2, 0.25) is 0 Å². The SMILES string of the molecule is CCCNCC(CN)OC. The number of nitrogens with two attached hydrogens (primary N) is 1. The molecule has 1 unspecified atom stereocenters. The molecule has 1 atom stereocenters. The zero-order valence-corrected chi connectivity index (χ0v) is 6.89. The van der Waals surface area contributed by atoms with Crippen LogP contribution in [0.4, 0.5) is 0 Å². The second kappa shape index (κ2) is 6.99. The fourth-order valence-electron chi connectivity index (χ4n) is 0.703. The monoisotopic (exact) mass is 146 g/mol. The standard InChI is InChI=1S/C7H18N2O/c1-3-4-9-6-7(5-8)10-2/h7,9H,3-6,8H2,1-2H3. The first kappa shape index (κ1) is 9.88. The molecule has 0 aromatic heterocycles. The van der Waals surface area contributed by atoms with Crippen LogP contribution < -0.4 is 11.1 Å². The minimum Gasteiger partial charge on any atom is -0.379 e. The topological polar surface area (TPSA) is 47.3 Å². The third-order valence-corrected chi connectivity index (χ3v) is 1.40. The summed E-state index contributed by atoms with van der Waals surface area (Å²) >= 11 is 0. The van der Waals surface area contributed by atoms with Gasteiger partial charge in [0, 0.05) is 20.2 Å². The summed E-state index contributed by atoms with van der Waals surface area (Å²) in [6, 6.07) is 0. The number of nitrogens with one attached hydrogen (secondary N) is 1. The molecule has 3 heteroatoms. The van der Waals surface area contributed by atoms with Gasteiger partial charge in [-0.3, -0.25) is 0 Å². The summed E-state index contributed by atoms with van der Waals surface area (Å²) in [4.78, 5) is 0. The molecular formula is C7H18N2O. The fraction of sp³-hybridized carbons (Fsp3) is 1.00. The van der Waals surface area contributed by atoms with E-state index in [0.717, 1.165) is 19.5 Å². The van der Waals surface area contributed by atoms with Gasteiger partial charge in [-0.25, -0.2) is 0 Å². The first-order valence-electron chi connectivity index (χ1n) is 3.78. The summed E-state index contributed by atoms with van der Waals surface area (Å²) in [6.07, 6.45) is 1.33. The highest BCUT2D eigenvalue weighted by atomic mass is 16.5. The Labute approximate surface area is 62.9 Å². The van der Waals surface area contributed by atoms with Gasteiger partial charge >= 0.3 is 0 Å². The lowest BCUT2D eigenvalue weighted by molar-refractivity contribution is 0.109. The van der Waals surface area contributed by atoms with E-state index in [-0.39, 0.29) is 6.10 Å². The van der Waals surface area contributed by atoms with Crippen molar-refractivity contribution in [1.82, 2.24) is 5.32 Å². The third kappa shape index (κ3) is 4.73. The number of hydrogen-bond acceptors (Lipinski definition) is 3. The molecule has 0 aromatic carbocycles. The molecule has 0 rings (SSSR count). The van der Waals surface area contributed by atoms with Gasteiger partial charge in [-0.1, -0.05) is 6.92 Å². The minimum absolute atomic E-state index is 0.173. The molecule has 0 spiro atoms. The van der Waals surface area contributed by atoms with Crippen LogP contribution in [0.5, 0.6) is 0 Å². The molecule has 3 nitrogen and oxygen atoms in total. The molecule has 0 amide bonds. The van der Waals surface area contributed by atoms with E-state index >= 15 is 0 Å². The van der Waals surface area contributed by atoms with Crippen LogP contribution in [0, 0.1) is 0 Å². The van der Waals surface area contributed by atoms with E-state index in [4.69, 9.17) is 10.5 Å². The number of hydrogen-bond donors (Lipinski definition) is 2. The van der Waals surface area contributed by atoms with E-state index in [2.05, 4.69) is 12.2 Å². The van der Waals surface area contributed by atoms with Crippen molar-refractivity contribution >= 4 is 0 Å². The summed E-state index contributed by atoms with van der Waals surface area (Å²) in [5.41, 5.74) is 5.40. The predicted octanol–water partition coefficient (Wildman–Crippen LogP) is -0.0403. The van der Waals surface area contributed by atoms with Crippen molar-refractivity contribution < 1.29 is 4.74 Å². The Bertz CT molecular complexity index is 64.6. The molecule has 0 saturated carbocycles. The summed E-state index contributed by atoms with van der Waals surface area (Å²) in [7, 11) is 1.69. The van der Waals surface area contributed by atoms with E-state index in [0.29, 0.717) is 6.54 Å². The van der Waals surface area contributed by atoms with Crippen LogP contribution in [0.15, 0.2) is 0 Å². The van der Waals surface area contributed by atoms with E-state index in [1.807, 2.05) is 0 Å². The second-order valence-electron chi connectivity index (χ2n) is 2.30. The summed E-state index contributed by atoms with van der Waals surface area (Å²) < 4.78 is 5.06. The largest absolute Gasteiger partial charge is 0.379 e. The fourth-order valence-corrected chi connectivity index (χ4v) is 0.703. The maximum absolute atomic E-state index is 5.40. The Morgan fingerprint density at radius 2 is 2.30 bits per heavy atom. The molecule has 62 valence electrons. The molecular weight excluding hydrogens is 128 g/mol. The van der Waals surface area contributed by atoms with E-state index in [1.165, 1.54) is 0 Å². The normalized spacial score (nSPS) is 13.5. The van der Waals surface area contributed by atoms with Gasteiger partial charge in [0.15, 0.2) is 0 Å². The molecule has 0 aliphatic carbocycles. The lowest BCUT2D eigenvalue weighted by Gasteiger charge is -2.12. The van der Waals surface area contributed by atoms with Crippen LogP contribution in [0.25, 0.3) is 0 Å². The Morgan fingerprint density at radius 3 is 2.70 bits per heavy atom. The molecule has 0 bridgehead atoms. The number of rotatable bonds is 6. The molecule has 0 aliphatic rings. The minimum atomic E-state index is 0.173. The van der Waals surface area contributed by atoms with E-state index in [1.54, 1.807) is 7.11 Å². The Hall–Kier alpha value is -0.120. The number of methoxy groups -OCH3 is 1. The van der Waals surface area contributed by atoms with Crippen molar-refractivity contribution in [3.05, 3.63) is 0 Å². The number of ether oxygens (including phenoxy) is 1. The second-order valence-corrected chi connectivity index (χ2v) is 2.30. The van der Waals surface area contributed by atoms with Gasteiger partial charge in [-0.05, 0) is 13.0 Å². The van der Waals surface area contributed by atoms with Crippen molar-refractivity contribution in [3.8, 4) is 0 Å². The maximum Gasteiger partial charge on any atom is 0.0817 e. The lowest BCUT2D eigenvalue weighted by atomic mass is 10.3. The first-order chi connectivity index (χ1) is 4.85. The zero-order valence-electron chi connectivity index (χ0n) is 6.89. The predicted molar refractivity (Wildman–Crippen MR) is 43.0 cm³/mol. The first-order valence-corrected chi connectivity index (χ1v) is 3.78. The molecule has 0 fully saturated rings. The van der Waals surface area contributed by atoms with Gasteiger partial charge < -0.3 is 15.8 Å². The average Bonchev–Trinajstić information content (AvgIpc) is 1.99. The molecule has 10 heavy (non-hydrogen) atoms. The Morgan fingerprint density at radius 1 is 1.60 bits per heavy atom. The van der Waals surface area contributed by atoms with Gasteiger partial charge in [0.1, 0.15) is 0 Å². The highest BCUT2D eigenvalue weighted by Gasteiger charge is 2.01. The molecule has 0 aliphatic heterocycles. The molecule has 3 N–H and O–H groups in total. The van der Waals surface area contributed by atoms with Gasteiger partial charge in [-0.2, -0.15) is 0 Å². The summed E-state index contributed by atoms with van der Waals surface area (Å²) in [6.45, 7) is 4.63. The smallest absolute Gasteiger partial charge is 0.0817 e. The van der Waals surface area contributed by atoms with Crippen molar-refractivity contribution in [1.29, 1.82) is 0 Å². The van der Waals surface area contributed by atoms with Crippen LogP contribution >= 0.6 is 0 Å². The van der Waals surface area contributed by atoms with Crippen molar-refractivity contribution in [2.24, 2.45) is 5.73 Å². The Balaban J connectivity index is 3.09. The van der Waals surface area contributed by atoms with Crippen LogP contribution in [0.3, 0.4) is 0 Å². The highest BCUT2D eigenvalue weighted by Crippen LogP contribution is 1.83. The lowest BCUT2D eigenvalue weighted by Crippen LogP contribution is -2.34. The molecule has 0 saturated heterocycles. The van der Waals surface area contributed by atoms with Crippen LogP contribution in [-0.2, 0) is 4.74 Å². The molecule has 0 radical (unpaired) electrons. The van der Waals surface area contributed by atoms with Gasteiger partial charge in [0.05, 0.1) is 6.10 Å². The quantitative estimate of drug-likeness (QED) is 0.517. The van der Waals surface area contributed by atoms with E-state index in [9.17, 15) is 0 Å². The summed E-state index contributed by atoms with van der Waals surface area (Å²) in [5, 5.41) is 3.23. The molecule has 0 aromatic rings. The summed E-state index contributed by atoms with van der Waals surface area (Å²) in [5.74, 6) is 0. The third-order valence-electron chi connectivity index (χ3n) is 1.40. The van der Waals surface area contributed by atoms with Crippen molar-refractivity contribution in [2.75, 3.05) is 26.7 Å². The van der Waals surface area contributed by atoms with Crippen molar-refractivity contribution in [2.45, 2.75) is 19.4 Å². The van der Waals surface area contributed by atoms with Gasteiger partial charge in [-0.15, -0.1) is 0 Å². The van der Waals surface area contributed by atoms with Crippen LogP contribution in [0.1, 0.15) is 13.3 Å².